The second kappa shape index (κ2) is 4.34. The molecule has 0 bridgehead atoms. The lowest BCUT2D eigenvalue weighted by Gasteiger charge is -2.12. The summed E-state index contributed by atoms with van der Waals surface area (Å²) in [5.74, 6) is 0.586. The molecule has 1 aliphatic carbocycles. The van der Waals surface area contributed by atoms with Crippen LogP contribution in [-0.2, 0) is 0 Å². The normalized spacial score (nSPS) is 16.2. The van der Waals surface area contributed by atoms with Crippen LogP contribution in [0.15, 0.2) is 12.1 Å². The SMILES string of the molecule is Nc1ccc([N+](=O)[O-])c(NC2CCCC2)n1. The monoisotopic (exact) mass is 222 g/mol. The van der Waals surface area contributed by atoms with Crippen molar-refractivity contribution in [3.05, 3.63) is 22.2 Å². The Kier molecular flexibility index (Phi) is 2.89. The summed E-state index contributed by atoms with van der Waals surface area (Å²) >= 11 is 0. The zero-order chi connectivity index (χ0) is 11.5. The van der Waals surface area contributed by atoms with Gasteiger partial charge in [-0.2, -0.15) is 0 Å². The Bertz CT molecular complexity index is 402. The standard InChI is InChI=1S/C10H14N4O2/c11-9-6-5-8(14(15)16)10(13-9)12-7-3-1-2-4-7/h5-7H,1-4H2,(H3,11,12,13). The number of anilines is 2. The van der Waals surface area contributed by atoms with Crippen molar-refractivity contribution < 1.29 is 4.92 Å². The molecular formula is C10H14N4O2. The van der Waals surface area contributed by atoms with E-state index in [2.05, 4.69) is 10.3 Å². The fourth-order valence-corrected chi connectivity index (χ4v) is 1.98. The molecule has 6 nitrogen and oxygen atoms in total. The molecular weight excluding hydrogens is 208 g/mol. The first-order chi connectivity index (χ1) is 7.66. The second-order valence-corrected chi connectivity index (χ2v) is 3.99. The molecule has 1 heterocycles. The van der Waals surface area contributed by atoms with Gasteiger partial charge in [0.25, 0.3) is 0 Å². The Hall–Kier alpha value is -1.85. The minimum Gasteiger partial charge on any atom is -0.384 e. The van der Waals surface area contributed by atoms with Crippen molar-refractivity contribution in [1.29, 1.82) is 0 Å². The van der Waals surface area contributed by atoms with Crippen LogP contribution < -0.4 is 11.1 Å². The van der Waals surface area contributed by atoms with Crippen molar-refractivity contribution in [2.45, 2.75) is 31.7 Å². The highest BCUT2D eigenvalue weighted by molar-refractivity contribution is 5.59. The van der Waals surface area contributed by atoms with Gasteiger partial charge in [-0.05, 0) is 18.9 Å². The third-order valence-electron chi connectivity index (χ3n) is 2.79. The van der Waals surface area contributed by atoms with E-state index in [-0.39, 0.29) is 17.5 Å². The first kappa shape index (κ1) is 10.7. The van der Waals surface area contributed by atoms with Gasteiger partial charge in [0.2, 0.25) is 5.82 Å². The summed E-state index contributed by atoms with van der Waals surface area (Å²) in [5, 5.41) is 13.9. The molecule has 1 aliphatic rings. The molecule has 0 aliphatic heterocycles. The van der Waals surface area contributed by atoms with E-state index in [1.807, 2.05) is 0 Å². The van der Waals surface area contributed by atoms with Crippen LogP contribution in [0.1, 0.15) is 25.7 Å². The van der Waals surface area contributed by atoms with Crippen LogP contribution in [0.3, 0.4) is 0 Å². The molecule has 0 spiro atoms. The molecule has 3 N–H and O–H groups in total. The second-order valence-electron chi connectivity index (χ2n) is 3.99. The van der Waals surface area contributed by atoms with Crippen molar-refractivity contribution in [3.63, 3.8) is 0 Å². The van der Waals surface area contributed by atoms with E-state index < -0.39 is 4.92 Å². The van der Waals surface area contributed by atoms with Gasteiger partial charge in [0.15, 0.2) is 0 Å². The number of nitrogens with two attached hydrogens (primary N) is 1. The van der Waals surface area contributed by atoms with E-state index >= 15 is 0 Å². The predicted molar refractivity (Wildman–Crippen MR) is 61.2 cm³/mol. The van der Waals surface area contributed by atoms with Gasteiger partial charge in [-0.1, -0.05) is 12.8 Å². The number of hydrogen-bond acceptors (Lipinski definition) is 5. The average molecular weight is 222 g/mol. The van der Waals surface area contributed by atoms with Crippen molar-refractivity contribution >= 4 is 17.3 Å². The first-order valence-electron chi connectivity index (χ1n) is 5.34. The fourth-order valence-electron chi connectivity index (χ4n) is 1.98. The van der Waals surface area contributed by atoms with Gasteiger partial charge in [0.1, 0.15) is 5.82 Å². The molecule has 0 saturated heterocycles. The molecule has 16 heavy (non-hydrogen) atoms. The lowest BCUT2D eigenvalue weighted by atomic mass is 10.2. The Morgan fingerprint density at radius 1 is 1.44 bits per heavy atom. The van der Waals surface area contributed by atoms with Gasteiger partial charge in [-0.3, -0.25) is 10.1 Å². The maximum Gasteiger partial charge on any atom is 0.311 e. The molecule has 1 fully saturated rings. The maximum atomic E-state index is 10.8. The highest BCUT2D eigenvalue weighted by Gasteiger charge is 2.21. The number of nitrogens with one attached hydrogen (secondary N) is 1. The van der Waals surface area contributed by atoms with Crippen LogP contribution >= 0.6 is 0 Å². The number of nitro groups is 1. The summed E-state index contributed by atoms with van der Waals surface area (Å²) in [6.07, 6.45) is 4.39. The third-order valence-corrected chi connectivity index (χ3v) is 2.79. The molecule has 1 aromatic rings. The molecule has 0 amide bonds. The van der Waals surface area contributed by atoms with Crippen LogP contribution in [0.25, 0.3) is 0 Å². The summed E-state index contributed by atoms with van der Waals surface area (Å²) < 4.78 is 0. The number of pyridine rings is 1. The number of rotatable bonds is 3. The van der Waals surface area contributed by atoms with Gasteiger partial charge in [0, 0.05) is 12.1 Å². The van der Waals surface area contributed by atoms with E-state index in [1.165, 1.54) is 12.1 Å². The molecule has 0 aromatic carbocycles. The number of aromatic nitrogens is 1. The molecule has 0 unspecified atom stereocenters. The fraction of sp³-hybridized carbons (Fsp3) is 0.500. The topological polar surface area (TPSA) is 94.1 Å². The van der Waals surface area contributed by atoms with Gasteiger partial charge < -0.3 is 11.1 Å². The van der Waals surface area contributed by atoms with Crippen LogP contribution in [-0.4, -0.2) is 15.9 Å². The third kappa shape index (κ3) is 2.21. The van der Waals surface area contributed by atoms with E-state index in [1.54, 1.807) is 0 Å². The number of nitrogen functional groups attached to an aromatic ring is 1. The van der Waals surface area contributed by atoms with E-state index in [4.69, 9.17) is 5.73 Å². The van der Waals surface area contributed by atoms with Crippen molar-refractivity contribution in [3.8, 4) is 0 Å². The predicted octanol–water partition coefficient (Wildman–Crippen LogP) is 1.93. The van der Waals surface area contributed by atoms with Crippen LogP contribution in [0.5, 0.6) is 0 Å². The Labute approximate surface area is 93.0 Å². The van der Waals surface area contributed by atoms with Crippen LogP contribution in [0.4, 0.5) is 17.3 Å². The van der Waals surface area contributed by atoms with E-state index in [0.717, 1.165) is 25.7 Å². The van der Waals surface area contributed by atoms with Gasteiger partial charge in [-0.15, -0.1) is 0 Å². The molecule has 1 aromatic heterocycles. The average Bonchev–Trinajstić information content (AvgIpc) is 2.70. The largest absolute Gasteiger partial charge is 0.384 e. The maximum absolute atomic E-state index is 10.8. The highest BCUT2D eigenvalue weighted by Crippen LogP contribution is 2.27. The quantitative estimate of drug-likeness (QED) is 0.602. The highest BCUT2D eigenvalue weighted by atomic mass is 16.6. The number of hydrogen-bond donors (Lipinski definition) is 2. The van der Waals surface area contributed by atoms with Gasteiger partial charge in [-0.25, -0.2) is 4.98 Å². The van der Waals surface area contributed by atoms with Crippen molar-refractivity contribution in [1.82, 2.24) is 4.98 Å². The lowest BCUT2D eigenvalue weighted by molar-refractivity contribution is -0.384. The molecule has 1 saturated carbocycles. The zero-order valence-electron chi connectivity index (χ0n) is 8.85. The van der Waals surface area contributed by atoms with Crippen LogP contribution in [0, 0.1) is 10.1 Å². The molecule has 86 valence electrons. The Morgan fingerprint density at radius 3 is 2.75 bits per heavy atom. The number of nitrogens with zero attached hydrogens (tertiary/aromatic N) is 2. The van der Waals surface area contributed by atoms with Gasteiger partial charge in [0.05, 0.1) is 4.92 Å². The van der Waals surface area contributed by atoms with E-state index in [0.29, 0.717) is 5.82 Å². The summed E-state index contributed by atoms with van der Waals surface area (Å²) in [5.41, 5.74) is 5.52. The van der Waals surface area contributed by atoms with E-state index in [9.17, 15) is 10.1 Å². The van der Waals surface area contributed by atoms with Crippen LogP contribution in [0.2, 0.25) is 0 Å². The molecule has 2 rings (SSSR count). The Balaban J connectivity index is 2.22. The smallest absolute Gasteiger partial charge is 0.311 e. The summed E-state index contributed by atoms with van der Waals surface area (Å²) in [4.78, 5) is 14.3. The summed E-state index contributed by atoms with van der Waals surface area (Å²) in [6, 6.07) is 3.12. The lowest BCUT2D eigenvalue weighted by Crippen LogP contribution is -2.17. The Morgan fingerprint density at radius 2 is 2.12 bits per heavy atom. The molecule has 0 radical (unpaired) electrons. The molecule has 6 heteroatoms. The van der Waals surface area contributed by atoms with Crippen molar-refractivity contribution in [2.75, 3.05) is 11.1 Å². The summed E-state index contributed by atoms with van der Waals surface area (Å²) in [7, 11) is 0. The minimum absolute atomic E-state index is 0.0129. The zero-order valence-corrected chi connectivity index (χ0v) is 8.85. The molecule has 0 atom stereocenters. The van der Waals surface area contributed by atoms with Crippen molar-refractivity contribution in [2.24, 2.45) is 0 Å². The summed E-state index contributed by atoms with van der Waals surface area (Å²) in [6.45, 7) is 0. The minimum atomic E-state index is -0.441. The van der Waals surface area contributed by atoms with Gasteiger partial charge >= 0.3 is 5.69 Å². The first-order valence-corrected chi connectivity index (χ1v) is 5.34.